The van der Waals surface area contributed by atoms with Crippen LogP contribution in [0.1, 0.15) is 226 Å². The van der Waals surface area contributed by atoms with E-state index in [0.29, 0.717) is 19.3 Å². The Balaban J connectivity index is 4.47. The molecule has 6 nitrogen and oxygen atoms in total. The van der Waals surface area contributed by atoms with Gasteiger partial charge >= 0.3 is 17.9 Å². The average Bonchev–Trinajstić information content (AvgIpc) is 3.35. The summed E-state index contributed by atoms with van der Waals surface area (Å²) in [4.78, 5) is 38.1. The van der Waals surface area contributed by atoms with Crippen LogP contribution in [0, 0.1) is 0 Å². The lowest BCUT2D eigenvalue weighted by molar-refractivity contribution is -0.167. The van der Waals surface area contributed by atoms with Gasteiger partial charge in [0.1, 0.15) is 13.2 Å². The van der Waals surface area contributed by atoms with E-state index in [2.05, 4.69) is 118 Å². The van der Waals surface area contributed by atoms with Crippen molar-refractivity contribution in [1.29, 1.82) is 0 Å². The average molecular weight is 953 g/mol. The second kappa shape index (κ2) is 56.1. The van der Waals surface area contributed by atoms with Crippen LogP contribution in [-0.4, -0.2) is 37.2 Å². The van der Waals surface area contributed by atoms with Crippen LogP contribution in [0.2, 0.25) is 0 Å². The fourth-order valence-electron chi connectivity index (χ4n) is 7.16. The van der Waals surface area contributed by atoms with Crippen LogP contribution in [0.5, 0.6) is 0 Å². The van der Waals surface area contributed by atoms with Crippen molar-refractivity contribution in [2.24, 2.45) is 0 Å². The van der Waals surface area contributed by atoms with Crippen LogP contribution in [0.4, 0.5) is 0 Å². The molecule has 1 atom stereocenters. The van der Waals surface area contributed by atoms with Crippen molar-refractivity contribution >= 4 is 17.9 Å². The molecule has 1 unspecified atom stereocenters. The third-order valence-electron chi connectivity index (χ3n) is 11.2. The molecule has 0 N–H and O–H groups in total. The Morgan fingerprint density at radius 2 is 0.594 bits per heavy atom. The Hall–Kier alpha value is -4.45. The highest BCUT2D eigenvalue weighted by atomic mass is 16.6. The number of unbranched alkanes of at least 4 members (excludes halogenated alkanes) is 18. The van der Waals surface area contributed by atoms with E-state index in [1.54, 1.807) is 0 Å². The van der Waals surface area contributed by atoms with Gasteiger partial charge in [0, 0.05) is 19.3 Å². The number of carbonyl (C=O) groups excluding carboxylic acids is 3. The SMILES string of the molecule is CC\C=C/C=C\C=C/C=C\CCCCCC(=O)OCC(COC(=O)CCCCCCCC/C=C\C/C=C\C/C=C\C/C=C\CC)OC(=O)CCCCCCCCCCC/C=C\C/C=C\C/C=C\CC. The Kier molecular flexibility index (Phi) is 52.5. The summed E-state index contributed by atoms with van der Waals surface area (Å²) in [5, 5.41) is 0. The lowest BCUT2D eigenvalue weighted by Crippen LogP contribution is -2.30. The summed E-state index contributed by atoms with van der Waals surface area (Å²) in [5.41, 5.74) is 0. The van der Waals surface area contributed by atoms with Crippen molar-refractivity contribution in [2.45, 2.75) is 232 Å². The standard InChI is InChI=1S/C63H100O6/c1-4-7-10-13-16-19-22-25-27-29-31-33-35-38-41-44-47-50-53-56-62(65)68-59-60(58-67-61(64)55-52-49-46-43-40-37-24-21-18-15-12-9-6-3)69-63(66)57-54-51-48-45-42-39-36-34-32-30-28-26-23-20-17-14-11-8-5-2/h7-12,15-21,24-28,31,33,37,40,60H,4-6,13-14,22-23,29-30,32,34-36,38-39,41-59H2,1-3H3/b10-7-,11-8-,12-9-,18-15-,19-16-,20-17-,24-21-,27-25-,28-26-,33-31-,40-37-. The molecule has 0 radical (unpaired) electrons. The Bertz CT molecular complexity index is 1510. The normalized spacial score (nSPS) is 13.1. The summed E-state index contributed by atoms with van der Waals surface area (Å²) in [5.74, 6) is -0.969. The van der Waals surface area contributed by atoms with Gasteiger partial charge in [-0.3, -0.25) is 14.4 Å². The minimum atomic E-state index is -0.809. The van der Waals surface area contributed by atoms with Gasteiger partial charge in [0.05, 0.1) is 0 Å². The number of esters is 3. The maximum Gasteiger partial charge on any atom is 0.306 e. The van der Waals surface area contributed by atoms with Gasteiger partial charge in [0.2, 0.25) is 0 Å². The molecule has 0 saturated heterocycles. The molecule has 0 aliphatic rings. The minimum Gasteiger partial charge on any atom is -0.462 e. The van der Waals surface area contributed by atoms with E-state index in [1.165, 1.54) is 51.4 Å². The molecule has 0 aromatic heterocycles. The Morgan fingerprint density at radius 1 is 0.304 bits per heavy atom. The van der Waals surface area contributed by atoms with Crippen LogP contribution >= 0.6 is 0 Å². The van der Waals surface area contributed by atoms with Gasteiger partial charge in [-0.2, -0.15) is 0 Å². The third-order valence-corrected chi connectivity index (χ3v) is 11.2. The molecule has 0 amide bonds. The van der Waals surface area contributed by atoms with E-state index in [0.717, 1.165) is 135 Å². The first kappa shape index (κ1) is 64.5. The molecule has 0 aromatic rings. The van der Waals surface area contributed by atoms with Crippen LogP contribution in [0.15, 0.2) is 134 Å². The number of rotatable bonds is 48. The van der Waals surface area contributed by atoms with Gasteiger partial charge in [-0.1, -0.05) is 231 Å². The van der Waals surface area contributed by atoms with Gasteiger partial charge in [-0.15, -0.1) is 0 Å². The highest BCUT2D eigenvalue weighted by Crippen LogP contribution is 2.14. The van der Waals surface area contributed by atoms with Crippen molar-refractivity contribution < 1.29 is 28.6 Å². The number of ether oxygens (including phenoxy) is 3. The van der Waals surface area contributed by atoms with Crippen molar-refractivity contribution in [3.05, 3.63) is 134 Å². The summed E-state index contributed by atoms with van der Waals surface area (Å²) in [6, 6.07) is 0. The Labute approximate surface area is 424 Å². The van der Waals surface area contributed by atoms with Crippen LogP contribution in [0.3, 0.4) is 0 Å². The van der Waals surface area contributed by atoms with Crippen molar-refractivity contribution in [2.75, 3.05) is 13.2 Å². The maximum absolute atomic E-state index is 12.9. The molecular formula is C63H100O6. The lowest BCUT2D eigenvalue weighted by atomic mass is 10.1. The zero-order chi connectivity index (χ0) is 50.0. The van der Waals surface area contributed by atoms with Gasteiger partial charge in [-0.05, 0) is 109 Å². The Morgan fingerprint density at radius 3 is 1.00 bits per heavy atom. The largest absolute Gasteiger partial charge is 0.462 e. The monoisotopic (exact) mass is 953 g/mol. The van der Waals surface area contributed by atoms with Gasteiger partial charge < -0.3 is 14.2 Å². The third kappa shape index (κ3) is 54.4. The fraction of sp³-hybridized carbons (Fsp3) is 0.603. The topological polar surface area (TPSA) is 78.9 Å². The van der Waals surface area contributed by atoms with E-state index in [-0.39, 0.29) is 31.1 Å². The first-order valence-corrected chi connectivity index (χ1v) is 27.7. The predicted molar refractivity (Wildman–Crippen MR) is 297 cm³/mol. The van der Waals surface area contributed by atoms with Gasteiger partial charge in [0.15, 0.2) is 6.10 Å². The molecule has 0 heterocycles. The molecule has 0 aromatic carbocycles. The van der Waals surface area contributed by atoms with Crippen LogP contribution < -0.4 is 0 Å². The maximum atomic E-state index is 12.9. The highest BCUT2D eigenvalue weighted by molar-refractivity contribution is 5.71. The number of carbonyl (C=O) groups is 3. The molecule has 6 heteroatoms. The molecule has 388 valence electrons. The van der Waals surface area contributed by atoms with E-state index in [9.17, 15) is 14.4 Å². The number of hydrogen-bond donors (Lipinski definition) is 0. The molecule has 0 spiro atoms. The molecule has 69 heavy (non-hydrogen) atoms. The first-order valence-electron chi connectivity index (χ1n) is 27.7. The summed E-state index contributed by atoms with van der Waals surface area (Å²) in [6.45, 7) is 6.21. The van der Waals surface area contributed by atoms with Crippen LogP contribution in [0.25, 0.3) is 0 Å². The number of allylic oxidation sites excluding steroid dienone is 22. The highest BCUT2D eigenvalue weighted by Gasteiger charge is 2.19. The number of hydrogen-bond acceptors (Lipinski definition) is 6. The zero-order valence-electron chi connectivity index (χ0n) is 44.3. The molecule has 0 aliphatic heterocycles. The van der Waals surface area contributed by atoms with Crippen LogP contribution in [-0.2, 0) is 28.6 Å². The molecule has 0 fully saturated rings. The predicted octanol–water partition coefficient (Wildman–Crippen LogP) is 18.6. The molecule has 0 aliphatic carbocycles. The fourth-order valence-corrected chi connectivity index (χ4v) is 7.16. The van der Waals surface area contributed by atoms with Crippen molar-refractivity contribution in [3.8, 4) is 0 Å². The summed E-state index contributed by atoms with van der Waals surface area (Å²) in [7, 11) is 0. The van der Waals surface area contributed by atoms with Crippen molar-refractivity contribution in [3.63, 3.8) is 0 Å². The zero-order valence-corrected chi connectivity index (χ0v) is 44.3. The van der Waals surface area contributed by atoms with E-state index < -0.39 is 6.10 Å². The molecule has 0 bridgehead atoms. The molecule has 0 saturated carbocycles. The quantitative estimate of drug-likeness (QED) is 0.0199. The van der Waals surface area contributed by atoms with Crippen molar-refractivity contribution in [1.82, 2.24) is 0 Å². The van der Waals surface area contributed by atoms with E-state index in [4.69, 9.17) is 14.2 Å². The van der Waals surface area contributed by atoms with E-state index in [1.807, 2.05) is 36.5 Å². The van der Waals surface area contributed by atoms with Gasteiger partial charge in [0.25, 0.3) is 0 Å². The van der Waals surface area contributed by atoms with E-state index >= 15 is 0 Å². The van der Waals surface area contributed by atoms with Gasteiger partial charge in [-0.25, -0.2) is 0 Å². The summed E-state index contributed by atoms with van der Waals surface area (Å²) in [6.07, 6.45) is 78.7. The lowest BCUT2D eigenvalue weighted by Gasteiger charge is -2.18. The second-order valence-electron chi connectivity index (χ2n) is 17.8. The first-order chi connectivity index (χ1) is 34.0. The smallest absolute Gasteiger partial charge is 0.306 e. The second-order valence-corrected chi connectivity index (χ2v) is 17.8. The minimum absolute atomic E-state index is 0.105. The summed E-state index contributed by atoms with van der Waals surface area (Å²) < 4.78 is 16.8. The summed E-state index contributed by atoms with van der Waals surface area (Å²) >= 11 is 0. The molecule has 0 rings (SSSR count). The molecular weight excluding hydrogens is 853 g/mol.